The van der Waals surface area contributed by atoms with Crippen LogP contribution in [0.2, 0.25) is 0 Å². The molecule has 3 heterocycles. The minimum atomic E-state index is -0.647. The SMILES string of the molecule is Cc1cc(Nn2c[n+](-c3cc(F)cc(F)c3)cn2)cc(N2CCN(C(=O)C3CCOCC3)CC2)c1. The predicted molar refractivity (Wildman–Crippen MR) is 126 cm³/mol. The fraction of sp³-hybridized carbons (Fsp3) is 0.400. The minimum absolute atomic E-state index is 0.0887. The highest BCUT2D eigenvalue weighted by molar-refractivity contribution is 5.79. The third kappa shape index (κ3) is 5.43. The van der Waals surface area contributed by atoms with Crippen molar-refractivity contribution >= 4 is 17.3 Å². The lowest BCUT2D eigenvalue weighted by atomic mass is 9.98. The summed E-state index contributed by atoms with van der Waals surface area (Å²) in [5, 5.41) is 4.25. The van der Waals surface area contributed by atoms with E-state index in [1.807, 2.05) is 24.0 Å². The maximum atomic E-state index is 13.6. The molecule has 0 atom stereocenters. The van der Waals surface area contributed by atoms with E-state index in [-0.39, 0.29) is 11.8 Å². The van der Waals surface area contributed by atoms with Crippen molar-refractivity contribution in [1.29, 1.82) is 0 Å². The summed E-state index contributed by atoms with van der Waals surface area (Å²) in [5.74, 6) is -0.951. The second-order valence-corrected chi connectivity index (χ2v) is 9.09. The number of rotatable bonds is 5. The van der Waals surface area contributed by atoms with E-state index in [4.69, 9.17) is 4.74 Å². The monoisotopic (exact) mass is 483 g/mol. The highest BCUT2D eigenvalue weighted by Gasteiger charge is 2.29. The fourth-order valence-corrected chi connectivity index (χ4v) is 4.70. The van der Waals surface area contributed by atoms with E-state index in [2.05, 4.69) is 21.5 Å². The van der Waals surface area contributed by atoms with Crippen LogP contribution in [0.15, 0.2) is 49.1 Å². The third-order valence-electron chi connectivity index (χ3n) is 6.51. The zero-order valence-electron chi connectivity index (χ0n) is 19.7. The molecule has 184 valence electrons. The van der Waals surface area contributed by atoms with E-state index in [9.17, 15) is 13.6 Å². The number of aromatic nitrogens is 3. The number of aryl methyl sites for hydroxylation is 1. The van der Waals surface area contributed by atoms with E-state index < -0.39 is 11.6 Å². The lowest BCUT2D eigenvalue weighted by molar-refractivity contribution is -0.596. The Balaban J connectivity index is 1.24. The normalized spacial score (nSPS) is 17.0. The summed E-state index contributed by atoms with van der Waals surface area (Å²) >= 11 is 0. The number of nitrogens with zero attached hydrogens (tertiary/aromatic N) is 5. The number of anilines is 2. The van der Waals surface area contributed by atoms with E-state index in [0.29, 0.717) is 32.0 Å². The van der Waals surface area contributed by atoms with Crippen LogP contribution >= 0.6 is 0 Å². The van der Waals surface area contributed by atoms with Gasteiger partial charge in [0.05, 0.1) is 10.8 Å². The van der Waals surface area contributed by atoms with Gasteiger partial charge in [0.15, 0.2) is 0 Å². The first-order valence-electron chi connectivity index (χ1n) is 11.9. The summed E-state index contributed by atoms with van der Waals surface area (Å²) in [7, 11) is 0. The molecule has 2 aliphatic heterocycles. The van der Waals surface area contributed by atoms with E-state index in [1.165, 1.54) is 27.8 Å². The fourth-order valence-electron chi connectivity index (χ4n) is 4.70. The van der Waals surface area contributed by atoms with Crippen molar-refractivity contribution < 1.29 is 22.9 Å². The van der Waals surface area contributed by atoms with Gasteiger partial charge < -0.3 is 14.5 Å². The van der Waals surface area contributed by atoms with E-state index in [1.54, 1.807) is 6.33 Å². The van der Waals surface area contributed by atoms with Gasteiger partial charge in [0.1, 0.15) is 17.3 Å². The van der Waals surface area contributed by atoms with Crippen LogP contribution in [0.5, 0.6) is 0 Å². The first kappa shape index (κ1) is 23.2. The second-order valence-electron chi connectivity index (χ2n) is 9.09. The Morgan fingerprint density at radius 2 is 1.74 bits per heavy atom. The molecule has 1 amide bonds. The molecule has 1 aromatic heterocycles. The lowest BCUT2D eigenvalue weighted by Crippen LogP contribution is -2.51. The van der Waals surface area contributed by atoms with E-state index in [0.717, 1.165) is 48.9 Å². The second kappa shape index (κ2) is 9.99. The molecule has 0 bridgehead atoms. The molecular weight excluding hydrogens is 454 g/mol. The van der Waals surface area contributed by atoms with Gasteiger partial charge in [-0.3, -0.25) is 4.79 Å². The van der Waals surface area contributed by atoms with Crippen LogP contribution in [0.4, 0.5) is 20.2 Å². The molecule has 0 unspecified atom stereocenters. The summed E-state index contributed by atoms with van der Waals surface area (Å²) in [6.07, 6.45) is 4.71. The summed E-state index contributed by atoms with van der Waals surface area (Å²) in [4.78, 5) is 18.6. The van der Waals surface area contributed by atoms with Gasteiger partial charge in [-0.2, -0.15) is 0 Å². The van der Waals surface area contributed by atoms with Crippen LogP contribution < -0.4 is 14.9 Å². The molecule has 1 N–H and O–H groups in total. The Morgan fingerprint density at radius 3 is 2.46 bits per heavy atom. The Labute approximate surface area is 202 Å². The molecule has 2 fully saturated rings. The predicted octanol–water partition coefficient (Wildman–Crippen LogP) is 2.70. The van der Waals surface area contributed by atoms with Crippen molar-refractivity contribution in [3.8, 4) is 5.69 Å². The Kier molecular flexibility index (Phi) is 6.63. The van der Waals surface area contributed by atoms with Gasteiger partial charge in [0.25, 0.3) is 12.7 Å². The first-order chi connectivity index (χ1) is 16.9. The lowest BCUT2D eigenvalue weighted by Gasteiger charge is -2.38. The van der Waals surface area contributed by atoms with Crippen molar-refractivity contribution in [2.75, 3.05) is 49.7 Å². The van der Waals surface area contributed by atoms with Gasteiger partial charge in [-0.25, -0.2) is 18.8 Å². The van der Waals surface area contributed by atoms with Crippen molar-refractivity contribution in [3.63, 3.8) is 0 Å². The maximum absolute atomic E-state index is 13.6. The molecule has 3 aromatic rings. The van der Waals surface area contributed by atoms with Crippen molar-refractivity contribution in [1.82, 2.24) is 14.8 Å². The number of hydrogen-bond donors (Lipinski definition) is 1. The molecule has 10 heteroatoms. The van der Waals surface area contributed by atoms with Crippen LogP contribution in [0.1, 0.15) is 18.4 Å². The zero-order chi connectivity index (χ0) is 24.4. The Hall–Kier alpha value is -3.53. The molecule has 0 spiro atoms. The van der Waals surface area contributed by atoms with Crippen molar-refractivity contribution in [2.24, 2.45) is 5.92 Å². The van der Waals surface area contributed by atoms with Crippen molar-refractivity contribution in [3.05, 3.63) is 66.3 Å². The minimum Gasteiger partial charge on any atom is -0.381 e. The van der Waals surface area contributed by atoms with Gasteiger partial charge in [-0.05, 0) is 48.3 Å². The number of ether oxygens (including phenoxy) is 1. The van der Waals surface area contributed by atoms with Gasteiger partial charge in [-0.15, -0.1) is 0 Å². The average molecular weight is 484 g/mol. The molecule has 2 aromatic carbocycles. The molecule has 0 saturated carbocycles. The standard InChI is InChI=1S/C25H29F2N6O2/c1-18-10-22(29-33-17-32(16-28-33)24-13-20(26)12-21(27)14-24)15-23(11-18)30-4-6-31(7-5-30)25(34)19-2-8-35-9-3-19/h10-17,19,29H,2-9H2,1H3/q+1. The number of nitrogens with one attached hydrogen (secondary N) is 1. The highest BCUT2D eigenvalue weighted by Crippen LogP contribution is 2.25. The number of amides is 1. The molecule has 8 nitrogen and oxygen atoms in total. The van der Waals surface area contributed by atoms with Gasteiger partial charge in [0, 0.05) is 69.2 Å². The van der Waals surface area contributed by atoms with Crippen LogP contribution in [0.25, 0.3) is 5.69 Å². The van der Waals surface area contributed by atoms with Crippen LogP contribution in [-0.4, -0.2) is 60.1 Å². The quantitative estimate of drug-likeness (QED) is 0.566. The molecule has 0 radical (unpaired) electrons. The largest absolute Gasteiger partial charge is 0.381 e. The Bertz CT molecular complexity index is 1180. The zero-order valence-corrected chi connectivity index (χ0v) is 19.7. The van der Waals surface area contributed by atoms with Gasteiger partial charge in [0.2, 0.25) is 5.91 Å². The molecule has 2 aliphatic rings. The van der Waals surface area contributed by atoms with Gasteiger partial charge >= 0.3 is 0 Å². The van der Waals surface area contributed by atoms with Gasteiger partial charge in [-0.1, -0.05) is 0 Å². The van der Waals surface area contributed by atoms with Crippen molar-refractivity contribution in [2.45, 2.75) is 19.8 Å². The summed E-state index contributed by atoms with van der Waals surface area (Å²) < 4.78 is 34.1. The molecule has 5 rings (SSSR count). The molecule has 0 aliphatic carbocycles. The number of hydrogen-bond acceptors (Lipinski definition) is 5. The maximum Gasteiger partial charge on any atom is 0.272 e. The summed E-state index contributed by atoms with van der Waals surface area (Å²) in [6, 6.07) is 9.49. The number of halogens is 2. The Morgan fingerprint density at radius 1 is 1.03 bits per heavy atom. The number of carbonyl (C=O) groups excluding carboxylic acids is 1. The van der Waals surface area contributed by atoms with Crippen LogP contribution in [-0.2, 0) is 9.53 Å². The smallest absolute Gasteiger partial charge is 0.272 e. The third-order valence-corrected chi connectivity index (χ3v) is 6.51. The average Bonchev–Trinajstić information content (AvgIpc) is 3.32. The topological polar surface area (TPSA) is 66.5 Å². The van der Waals surface area contributed by atoms with Crippen LogP contribution in [0.3, 0.4) is 0 Å². The number of carbonyl (C=O) groups is 1. The summed E-state index contributed by atoms with van der Waals surface area (Å²) in [6.45, 7) is 6.32. The molecular formula is C25H29F2N6O2+. The van der Waals surface area contributed by atoms with E-state index >= 15 is 0 Å². The molecule has 2 saturated heterocycles. The highest BCUT2D eigenvalue weighted by atomic mass is 19.1. The summed E-state index contributed by atoms with van der Waals surface area (Å²) in [5.41, 5.74) is 6.53. The molecule has 35 heavy (non-hydrogen) atoms. The number of benzene rings is 2. The first-order valence-corrected chi connectivity index (χ1v) is 11.9. The van der Waals surface area contributed by atoms with Crippen LogP contribution in [0, 0.1) is 24.5 Å². The number of piperazine rings is 1.